The maximum atomic E-state index is 11.3. The molecule has 1 saturated heterocycles. The smallest absolute Gasteiger partial charge is 0.236 e. The summed E-state index contributed by atoms with van der Waals surface area (Å²) in [7, 11) is 0. The van der Waals surface area contributed by atoms with E-state index in [1.54, 1.807) is 0 Å². The summed E-state index contributed by atoms with van der Waals surface area (Å²) in [5.74, 6) is 0.233. The first kappa shape index (κ1) is 9.52. The maximum Gasteiger partial charge on any atom is 0.236 e. The number of nitrogens with one attached hydrogen (secondary N) is 1. The first-order valence-corrected chi connectivity index (χ1v) is 4.58. The Morgan fingerprint density at radius 1 is 1.58 bits per heavy atom. The van der Waals surface area contributed by atoms with Gasteiger partial charge < -0.3 is 10.2 Å². The molecule has 0 radical (unpaired) electrons. The molecule has 0 atom stereocenters. The molecule has 0 bridgehead atoms. The van der Waals surface area contributed by atoms with Crippen molar-refractivity contribution in [1.29, 1.82) is 0 Å². The third-order valence-corrected chi connectivity index (χ3v) is 2.15. The van der Waals surface area contributed by atoms with Gasteiger partial charge in [-0.25, -0.2) is 0 Å². The molecular formula is C9H18N2O. The molecule has 1 aliphatic heterocycles. The van der Waals surface area contributed by atoms with Crippen LogP contribution in [-0.2, 0) is 4.79 Å². The minimum atomic E-state index is 0.0864. The van der Waals surface area contributed by atoms with Gasteiger partial charge in [-0.1, -0.05) is 6.92 Å². The van der Waals surface area contributed by atoms with Crippen LogP contribution in [0.4, 0.5) is 0 Å². The van der Waals surface area contributed by atoms with Crippen molar-refractivity contribution < 1.29 is 4.79 Å². The normalized spacial score (nSPS) is 22.9. The quantitative estimate of drug-likeness (QED) is 0.658. The molecule has 3 nitrogen and oxygen atoms in total. The van der Waals surface area contributed by atoms with Crippen molar-refractivity contribution in [3.63, 3.8) is 0 Å². The van der Waals surface area contributed by atoms with Gasteiger partial charge in [0.2, 0.25) is 5.91 Å². The Hall–Kier alpha value is -0.570. The molecule has 0 unspecified atom stereocenters. The van der Waals surface area contributed by atoms with Crippen LogP contribution >= 0.6 is 0 Å². The van der Waals surface area contributed by atoms with E-state index in [-0.39, 0.29) is 11.4 Å². The summed E-state index contributed by atoms with van der Waals surface area (Å²) in [6.45, 7) is 8.57. The van der Waals surface area contributed by atoms with E-state index in [2.05, 4.69) is 26.1 Å². The molecule has 1 amide bonds. The van der Waals surface area contributed by atoms with Crippen LogP contribution in [0.25, 0.3) is 0 Å². The molecule has 70 valence electrons. The van der Waals surface area contributed by atoms with E-state index in [1.807, 2.05) is 4.90 Å². The Balaban J connectivity index is 2.53. The SMILES string of the molecule is CCCN1CC(C)(C)NCC1=O. The lowest BCUT2D eigenvalue weighted by molar-refractivity contribution is -0.134. The number of rotatable bonds is 2. The van der Waals surface area contributed by atoms with Crippen molar-refractivity contribution in [2.24, 2.45) is 0 Å². The Bertz CT molecular complexity index is 177. The standard InChI is InChI=1S/C9H18N2O/c1-4-5-11-7-9(2,3)10-6-8(11)12/h10H,4-7H2,1-3H3. The summed E-state index contributed by atoms with van der Waals surface area (Å²) in [6, 6.07) is 0. The van der Waals surface area contributed by atoms with Crippen molar-refractivity contribution in [3.05, 3.63) is 0 Å². The molecule has 0 saturated carbocycles. The number of amides is 1. The molecule has 1 heterocycles. The molecule has 1 aliphatic rings. The third kappa shape index (κ3) is 2.21. The highest BCUT2D eigenvalue weighted by Crippen LogP contribution is 2.10. The van der Waals surface area contributed by atoms with E-state index < -0.39 is 0 Å². The second kappa shape index (κ2) is 3.44. The van der Waals surface area contributed by atoms with Crippen molar-refractivity contribution in [2.45, 2.75) is 32.7 Å². The van der Waals surface area contributed by atoms with E-state index in [0.29, 0.717) is 6.54 Å². The van der Waals surface area contributed by atoms with Crippen molar-refractivity contribution in [2.75, 3.05) is 19.6 Å². The Morgan fingerprint density at radius 2 is 2.25 bits per heavy atom. The van der Waals surface area contributed by atoms with Crippen LogP contribution in [0, 0.1) is 0 Å². The largest absolute Gasteiger partial charge is 0.340 e. The average Bonchev–Trinajstić information content (AvgIpc) is 1.97. The monoisotopic (exact) mass is 170 g/mol. The summed E-state index contributed by atoms with van der Waals surface area (Å²) in [5.41, 5.74) is 0.0864. The molecule has 12 heavy (non-hydrogen) atoms. The zero-order chi connectivity index (χ0) is 9.19. The predicted octanol–water partition coefficient (Wildman–Crippen LogP) is 0.607. The van der Waals surface area contributed by atoms with Crippen LogP contribution in [0.3, 0.4) is 0 Å². The van der Waals surface area contributed by atoms with E-state index in [1.165, 1.54) is 0 Å². The van der Waals surface area contributed by atoms with Gasteiger partial charge in [0.05, 0.1) is 6.54 Å². The fraction of sp³-hybridized carbons (Fsp3) is 0.889. The van der Waals surface area contributed by atoms with Crippen LogP contribution in [0.2, 0.25) is 0 Å². The number of hydrogen-bond acceptors (Lipinski definition) is 2. The second-order valence-electron chi connectivity index (χ2n) is 4.05. The Kier molecular flexibility index (Phi) is 2.73. The number of carbonyl (C=O) groups is 1. The number of piperazine rings is 1. The summed E-state index contributed by atoms with van der Waals surface area (Å²) in [5, 5.41) is 3.21. The van der Waals surface area contributed by atoms with Gasteiger partial charge in [0.1, 0.15) is 0 Å². The Labute approximate surface area is 74.1 Å². The molecule has 0 aromatic carbocycles. The van der Waals surface area contributed by atoms with Gasteiger partial charge in [-0.15, -0.1) is 0 Å². The van der Waals surface area contributed by atoms with Gasteiger partial charge >= 0.3 is 0 Å². The summed E-state index contributed by atoms with van der Waals surface area (Å²) < 4.78 is 0. The minimum Gasteiger partial charge on any atom is -0.340 e. The Morgan fingerprint density at radius 3 is 2.83 bits per heavy atom. The summed E-state index contributed by atoms with van der Waals surface area (Å²) in [4.78, 5) is 13.3. The molecule has 1 N–H and O–H groups in total. The lowest BCUT2D eigenvalue weighted by Crippen LogP contribution is -2.59. The zero-order valence-corrected chi connectivity index (χ0v) is 8.18. The average molecular weight is 170 g/mol. The van der Waals surface area contributed by atoms with Crippen LogP contribution in [0.15, 0.2) is 0 Å². The van der Waals surface area contributed by atoms with Gasteiger partial charge in [-0.2, -0.15) is 0 Å². The van der Waals surface area contributed by atoms with Crippen LogP contribution in [0.1, 0.15) is 27.2 Å². The first-order valence-electron chi connectivity index (χ1n) is 4.58. The van der Waals surface area contributed by atoms with Crippen molar-refractivity contribution >= 4 is 5.91 Å². The highest BCUT2D eigenvalue weighted by molar-refractivity contribution is 5.79. The lowest BCUT2D eigenvalue weighted by atomic mass is 10.0. The van der Waals surface area contributed by atoms with Gasteiger partial charge in [0.25, 0.3) is 0 Å². The van der Waals surface area contributed by atoms with Crippen LogP contribution in [0.5, 0.6) is 0 Å². The maximum absolute atomic E-state index is 11.3. The zero-order valence-electron chi connectivity index (χ0n) is 8.18. The lowest BCUT2D eigenvalue weighted by Gasteiger charge is -2.38. The predicted molar refractivity (Wildman–Crippen MR) is 49.0 cm³/mol. The molecule has 0 aliphatic carbocycles. The fourth-order valence-electron chi connectivity index (χ4n) is 1.52. The van der Waals surface area contributed by atoms with Crippen molar-refractivity contribution in [3.8, 4) is 0 Å². The number of carbonyl (C=O) groups excluding carboxylic acids is 1. The van der Waals surface area contributed by atoms with E-state index in [9.17, 15) is 4.79 Å². The number of nitrogens with zero attached hydrogens (tertiary/aromatic N) is 1. The second-order valence-corrected chi connectivity index (χ2v) is 4.05. The molecule has 0 aromatic rings. The molecule has 0 spiro atoms. The van der Waals surface area contributed by atoms with Crippen LogP contribution in [-0.4, -0.2) is 36.0 Å². The highest BCUT2D eigenvalue weighted by Gasteiger charge is 2.29. The van der Waals surface area contributed by atoms with Gasteiger partial charge in [0, 0.05) is 18.6 Å². The van der Waals surface area contributed by atoms with Gasteiger partial charge in [0.15, 0.2) is 0 Å². The molecule has 3 heteroatoms. The summed E-state index contributed by atoms with van der Waals surface area (Å²) in [6.07, 6.45) is 1.04. The van der Waals surface area contributed by atoms with Crippen LogP contribution < -0.4 is 5.32 Å². The first-order chi connectivity index (χ1) is 5.55. The van der Waals surface area contributed by atoms with Crippen molar-refractivity contribution in [1.82, 2.24) is 10.2 Å². The van der Waals surface area contributed by atoms with Gasteiger partial charge in [-0.05, 0) is 20.3 Å². The highest BCUT2D eigenvalue weighted by atomic mass is 16.2. The van der Waals surface area contributed by atoms with E-state index >= 15 is 0 Å². The molecular weight excluding hydrogens is 152 g/mol. The molecule has 1 rings (SSSR count). The fourth-order valence-corrected chi connectivity index (χ4v) is 1.52. The topological polar surface area (TPSA) is 32.3 Å². The molecule has 1 fully saturated rings. The molecule has 0 aromatic heterocycles. The third-order valence-electron chi connectivity index (χ3n) is 2.15. The minimum absolute atomic E-state index is 0.0864. The van der Waals surface area contributed by atoms with E-state index in [4.69, 9.17) is 0 Å². The summed E-state index contributed by atoms with van der Waals surface area (Å²) >= 11 is 0. The van der Waals surface area contributed by atoms with Gasteiger partial charge in [-0.3, -0.25) is 4.79 Å². The van der Waals surface area contributed by atoms with E-state index in [0.717, 1.165) is 19.5 Å². The number of hydrogen-bond donors (Lipinski definition) is 1.